The Hall–Kier alpha value is -1.76. The largest absolute Gasteiger partial charge is 0.444 e. The first kappa shape index (κ1) is 20.6. The number of alkyl halides is 2. The van der Waals surface area contributed by atoms with Crippen molar-refractivity contribution >= 4 is 6.09 Å². The van der Waals surface area contributed by atoms with Crippen molar-refractivity contribution in [2.45, 2.75) is 57.7 Å². The summed E-state index contributed by atoms with van der Waals surface area (Å²) in [7, 11) is 0. The number of amides is 1. The first-order valence-electron chi connectivity index (χ1n) is 8.77. The van der Waals surface area contributed by atoms with Crippen LogP contribution in [-0.4, -0.2) is 40.7 Å². The van der Waals surface area contributed by atoms with Crippen molar-refractivity contribution in [1.82, 2.24) is 4.90 Å². The van der Waals surface area contributed by atoms with Gasteiger partial charge >= 0.3 is 6.09 Å². The SMILES string of the molecule is CC(C)(C)OC(=O)N1CCC(CC(F)(F)[C@@H](O)c2ccc(F)cc2)CC1. The lowest BCUT2D eigenvalue weighted by atomic mass is 9.87. The molecule has 26 heavy (non-hydrogen) atoms. The van der Waals surface area contributed by atoms with Gasteiger partial charge < -0.3 is 14.7 Å². The highest BCUT2D eigenvalue weighted by molar-refractivity contribution is 5.68. The molecule has 0 aromatic heterocycles. The number of likely N-dealkylation sites (tertiary alicyclic amines) is 1. The molecule has 1 aliphatic rings. The zero-order chi connectivity index (χ0) is 19.5. The second-order valence-corrected chi connectivity index (χ2v) is 7.83. The average molecular weight is 373 g/mol. The molecule has 0 spiro atoms. The molecule has 4 nitrogen and oxygen atoms in total. The van der Waals surface area contributed by atoms with Crippen LogP contribution in [0.1, 0.15) is 51.7 Å². The fourth-order valence-corrected chi connectivity index (χ4v) is 3.03. The van der Waals surface area contributed by atoms with Gasteiger partial charge in [0, 0.05) is 19.5 Å². The van der Waals surface area contributed by atoms with Gasteiger partial charge in [0.05, 0.1) is 0 Å². The van der Waals surface area contributed by atoms with Gasteiger partial charge in [-0.15, -0.1) is 0 Å². The summed E-state index contributed by atoms with van der Waals surface area (Å²) >= 11 is 0. The fourth-order valence-electron chi connectivity index (χ4n) is 3.03. The van der Waals surface area contributed by atoms with Crippen LogP contribution in [0.2, 0.25) is 0 Å². The van der Waals surface area contributed by atoms with Crippen LogP contribution in [0.5, 0.6) is 0 Å². The average Bonchev–Trinajstić information content (AvgIpc) is 2.53. The maximum absolute atomic E-state index is 14.4. The Balaban J connectivity index is 1.89. The van der Waals surface area contributed by atoms with Crippen LogP contribution in [0.4, 0.5) is 18.0 Å². The van der Waals surface area contributed by atoms with Gasteiger partial charge in [-0.05, 0) is 57.2 Å². The molecule has 0 unspecified atom stereocenters. The third-order valence-electron chi connectivity index (χ3n) is 4.41. The van der Waals surface area contributed by atoms with Gasteiger partial charge in [-0.1, -0.05) is 12.1 Å². The van der Waals surface area contributed by atoms with Gasteiger partial charge in [-0.2, -0.15) is 0 Å². The lowest BCUT2D eigenvalue weighted by molar-refractivity contribution is -0.127. The molecular formula is C19H26F3NO3. The van der Waals surface area contributed by atoms with Crippen molar-refractivity contribution in [3.05, 3.63) is 35.6 Å². The number of aliphatic hydroxyl groups is 1. The Morgan fingerprint density at radius 1 is 1.23 bits per heavy atom. The maximum atomic E-state index is 14.4. The van der Waals surface area contributed by atoms with Crippen molar-refractivity contribution in [3.63, 3.8) is 0 Å². The van der Waals surface area contributed by atoms with E-state index in [4.69, 9.17) is 4.74 Å². The minimum Gasteiger partial charge on any atom is -0.444 e. The van der Waals surface area contributed by atoms with Crippen LogP contribution in [0.25, 0.3) is 0 Å². The second kappa shape index (κ2) is 7.86. The Kier molecular flexibility index (Phi) is 6.21. The molecule has 7 heteroatoms. The Morgan fingerprint density at radius 3 is 2.27 bits per heavy atom. The fraction of sp³-hybridized carbons (Fsp3) is 0.632. The number of piperidine rings is 1. The van der Waals surface area contributed by atoms with E-state index >= 15 is 0 Å². The maximum Gasteiger partial charge on any atom is 0.410 e. The molecule has 2 rings (SSSR count). The molecule has 0 bridgehead atoms. The minimum atomic E-state index is -3.32. The van der Waals surface area contributed by atoms with Gasteiger partial charge in [-0.25, -0.2) is 18.0 Å². The van der Waals surface area contributed by atoms with Gasteiger partial charge in [0.15, 0.2) is 0 Å². The Labute approximate surface area is 151 Å². The molecule has 1 atom stereocenters. The third-order valence-corrected chi connectivity index (χ3v) is 4.41. The van der Waals surface area contributed by atoms with E-state index in [9.17, 15) is 23.1 Å². The number of rotatable bonds is 4. The summed E-state index contributed by atoms with van der Waals surface area (Å²) in [4.78, 5) is 13.5. The van der Waals surface area contributed by atoms with Gasteiger partial charge in [0.1, 0.15) is 17.5 Å². The van der Waals surface area contributed by atoms with E-state index in [0.29, 0.717) is 25.9 Å². The number of aliphatic hydroxyl groups excluding tert-OH is 1. The molecule has 0 saturated carbocycles. The van der Waals surface area contributed by atoms with Crippen LogP contribution in [-0.2, 0) is 4.74 Å². The molecule has 1 N–H and O–H groups in total. The smallest absolute Gasteiger partial charge is 0.410 e. The number of ether oxygens (including phenoxy) is 1. The number of benzene rings is 1. The zero-order valence-electron chi connectivity index (χ0n) is 15.3. The molecule has 1 aromatic rings. The molecule has 0 aliphatic carbocycles. The number of hydrogen-bond donors (Lipinski definition) is 1. The predicted molar refractivity (Wildman–Crippen MR) is 91.5 cm³/mol. The zero-order valence-corrected chi connectivity index (χ0v) is 15.3. The van der Waals surface area contributed by atoms with E-state index in [1.165, 1.54) is 17.0 Å². The number of nitrogens with zero attached hydrogens (tertiary/aromatic N) is 1. The molecule has 1 heterocycles. The lowest BCUT2D eigenvalue weighted by Gasteiger charge is -2.35. The summed E-state index contributed by atoms with van der Waals surface area (Å²) < 4.78 is 47.0. The van der Waals surface area contributed by atoms with Crippen molar-refractivity contribution in [2.24, 2.45) is 5.92 Å². The number of halogens is 3. The monoisotopic (exact) mass is 373 g/mol. The second-order valence-electron chi connectivity index (χ2n) is 7.83. The number of carbonyl (C=O) groups is 1. The first-order chi connectivity index (χ1) is 12.0. The summed E-state index contributed by atoms with van der Waals surface area (Å²) in [6.07, 6.45) is -2.05. The summed E-state index contributed by atoms with van der Waals surface area (Å²) in [6.45, 7) is 6.02. The van der Waals surface area contributed by atoms with Crippen molar-refractivity contribution in [2.75, 3.05) is 13.1 Å². The predicted octanol–water partition coefficient (Wildman–Crippen LogP) is 4.53. The Bertz CT molecular complexity index is 605. The van der Waals surface area contributed by atoms with Crippen LogP contribution in [0, 0.1) is 11.7 Å². The molecule has 1 saturated heterocycles. The highest BCUT2D eigenvalue weighted by Crippen LogP contribution is 2.39. The lowest BCUT2D eigenvalue weighted by Crippen LogP contribution is -2.43. The van der Waals surface area contributed by atoms with Crippen molar-refractivity contribution in [3.8, 4) is 0 Å². The van der Waals surface area contributed by atoms with Crippen molar-refractivity contribution < 1.29 is 27.8 Å². The van der Waals surface area contributed by atoms with Crippen LogP contribution >= 0.6 is 0 Å². The molecule has 1 aromatic carbocycles. The van der Waals surface area contributed by atoms with E-state index in [0.717, 1.165) is 12.1 Å². The molecule has 0 radical (unpaired) electrons. The molecule has 1 amide bonds. The topological polar surface area (TPSA) is 49.8 Å². The van der Waals surface area contributed by atoms with Gasteiger partial charge in [-0.3, -0.25) is 0 Å². The number of hydrogen-bond acceptors (Lipinski definition) is 3. The normalized spacial score (nSPS) is 17.9. The highest BCUT2D eigenvalue weighted by Gasteiger charge is 2.42. The molecular weight excluding hydrogens is 347 g/mol. The van der Waals surface area contributed by atoms with E-state index in [2.05, 4.69) is 0 Å². The van der Waals surface area contributed by atoms with Crippen LogP contribution in [0.15, 0.2) is 24.3 Å². The van der Waals surface area contributed by atoms with E-state index < -0.39 is 36.0 Å². The summed E-state index contributed by atoms with van der Waals surface area (Å²) in [6, 6.07) is 4.43. The van der Waals surface area contributed by atoms with Gasteiger partial charge in [0.25, 0.3) is 5.92 Å². The van der Waals surface area contributed by atoms with E-state index in [1.54, 1.807) is 20.8 Å². The number of carbonyl (C=O) groups excluding carboxylic acids is 1. The first-order valence-corrected chi connectivity index (χ1v) is 8.77. The van der Waals surface area contributed by atoms with Crippen molar-refractivity contribution in [1.29, 1.82) is 0 Å². The molecule has 1 aliphatic heterocycles. The quantitative estimate of drug-likeness (QED) is 0.843. The van der Waals surface area contributed by atoms with Crippen LogP contribution in [0.3, 0.4) is 0 Å². The Morgan fingerprint density at radius 2 is 1.77 bits per heavy atom. The van der Waals surface area contributed by atoms with Crippen LogP contribution < -0.4 is 0 Å². The third kappa shape index (κ3) is 5.62. The standard InChI is InChI=1S/C19H26F3NO3/c1-18(2,3)26-17(25)23-10-8-13(9-11-23)12-19(21,22)16(24)14-4-6-15(20)7-5-14/h4-7,13,16,24H,8-12H2,1-3H3/t16-/m0/s1. The molecule has 1 fully saturated rings. The molecule has 146 valence electrons. The highest BCUT2D eigenvalue weighted by atomic mass is 19.3. The minimum absolute atomic E-state index is 0.0115. The van der Waals surface area contributed by atoms with Gasteiger partial charge in [0.2, 0.25) is 0 Å². The van der Waals surface area contributed by atoms with E-state index in [-0.39, 0.29) is 11.5 Å². The summed E-state index contributed by atoms with van der Waals surface area (Å²) in [5, 5.41) is 9.98. The summed E-state index contributed by atoms with van der Waals surface area (Å²) in [5.74, 6) is -4.17. The summed E-state index contributed by atoms with van der Waals surface area (Å²) in [5.41, 5.74) is -0.608. The van der Waals surface area contributed by atoms with E-state index in [1.807, 2.05) is 0 Å².